The summed E-state index contributed by atoms with van der Waals surface area (Å²) in [7, 11) is 0. The zero-order chi connectivity index (χ0) is 19.4. The predicted octanol–water partition coefficient (Wildman–Crippen LogP) is 5.50. The number of anilines is 1. The quantitative estimate of drug-likeness (QED) is 0.666. The largest absolute Gasteiger partial charge is 0.416 e. The lowest BCUT2D eigenvalue weighted by Gasteiger charge is -2.12. The van der Waals surface area contributed by atoms with E-state index in [0.29, 0.717) is 22.3 Å². The number of carbonyl (C=O) groups excluding carboxylic acids is 1. The Kier molecular flexibility index (Phi) is 4.95. The molecule has 1 amide bonds. The van der Waals surface area contributed by atoms with Crippen molar-refractivity contribution in [1.29, 1.82) is 5.26 Å². The first-order chi connectivity index (χ1) is 12.9. The third kappa shape index (κ3) is 3.98. The number of amides is 1. The Hall–Kier alpha value is -3.59. The molecule has 0 aliphatic heterocycles. The topological polar surface area (TPSA) is 52.9 Å². The van der Waals surface area contributed by atoms with Crippen LogP contribution in [0.5, 0.6) is 0 Å². The van der Waals surface area contributed by atoms with Gasteiger partial charge in [0.05, 0.1) is 17.2 Å². The van der Waals surface area contributed by atoms with E-state index in [1.165, 1.54) is 12.1 Å². The highest BCUT2D eigenvalue weighted by atomic mass is 19.4. The molecule has 0 aromatic heterocycles. The van der Waals surface area contributed by atoms with Gasteiger partial charge in [-0.3, -0.25) is 4.79 Å². The number of nitrogens with zero attached hydrogens (tertiary/aromatic N) is 1. The number of rotatable bonds is 3. The molecular formula is C21H13F3N2O. The maximum atomic E-state index is 12.7. The molecule has 6 heteroatoms. The third-order valence-electron chi connectivity index (χ3n) is 3.98. The van der Waals surface area contributed by atoms with Crippen LogP contribution in [0.25, 0.3) is 11.1 Å². The van der Waals surface area contributed by atoms with E-state index in [1.54, 1.807) is 48.5 Å². The van der Waals surface area contributed by atoms with E-state index < -0.39 is 17.6 Å². The van der Waals surface area contributed by atoms with Gasteiger partial charge in [-0.2, -0.15) is 18.4 Å². The van der Waals surface area contributed by atoms with Gasteiger partial charge >= 0.3 is 6.18 Å². The van der Waals surface area contributed by atoms with Crippen LogP contribution in [-0.4, -0.2) is 5.91 Å². The van der Waals surface area contributed by atoms with Crippen molar-refractivity contribution in [1.82, 2.24) is 0 Å². The minimum atomic E-state index is -4.43. The van der Waals surface area contributed by atoms with Gasteiger partial charge in [-0.25, -0.2) is 0 Å². The molecule has 0 saturated heterocycles. The van der Waals surface area contributed by atoms with E-state index in [1.807, 2.05) is 0 Å². The van der Waals surface area contributed by atoms with Crippen molar-refractivity contribution in [3.63, 3.8) is 0 Å². The van der Waals surface area contributed by atoms with Gasteiger partial charge in [0, 0.05) is 16.8 Å². The maximum Gasteiger partial charge on any atom is 0.416 e. The molecule has 0 saturated carbocycles. The first kappa shape index (κ1) is 18.2. The van der Waals surface area contributed by atoms with Crippen LogP contribution in [0.1, 0.15) is 21.5 Å². The molecule has 0 heterocycles. The molecule has 0 spiro atoms. The molecule has 0 fully saturated rings. The second-order valence-electron chi connectivity index (χ2n) is 5.73. The Morgan fingerprint density at radius 2 is 1.44 bits per heavy atom. The average Bonchev–Trinajstić information content (AvgIpc) is 2.67. The second kappa shape index (κ2) is 7.34. The Morgan fingerprint density at radius 1 is 0.852 bits per heavy atom. The minimum Gasteiger partial charge on any atom is -0.322 e. The zero-order valence-corrected chi connectivity index (χ0v) is 13.9. The van der Waals surface area contributed by atoms with Crippen LogP contribution < -0.4 is 5.32 Å². The van der Waals surface area contributed by atoms with Crippen LogP contribution in [0.15, 0.2) is 72.8 Å². The Bertz CT molecular complexity index is 1020. The van der Waals surface area contributed by atoms with Crippen LogP contribution >= 0.6 is 0 Å². The van der Waals surface area contributed by atoms with Crippen molar-refractivity contribution in [3.8, 4) is 17.2 Å². The van der Waals surface area contributed by atoms with Gasteiger partial charge in [0.1, 0.15) is 0 Å². The van der Waals surface area contributed by atoms with Crippen molar-refractivity contribution < 1.29 is 18.0 Å². The van der Waals surface area contributed by atoms with E-state index >= 15 is 0 Å². The molecular weight excluding hydrogens is 353 g/mol. The normalized spacial score (nSPS) is 10.9. The molecule has 0 bridgehead atoms. The van der Waals surface area contributed by atoms with E-state index in [0.717, 1.165) is 12.1 Å². The SMILES string of the molecule is N#Cc1ccccc1-c1ccccc1C(=O)Nc1ccc(C(F)(F)F)cc1. The standard InChI is InChI=1S/C21H13F3N2O/c22-21(23,24)15-9-11-16(12-10-15)26-20(27)19-8-4-3-7-18(19)17-6-2-1-5-14(17)13-25/h1-12H,(H,26,27). The summed E-state index contributed by atoms with van der Waals surface area (Å²) in [6, 6.07) is 19.9. The second-order valence-corrected chi connectivity index (χ2v) is 5.73. The van der Waals surface area contributed by atoms with Gasteiger partial charge in [0.25, 0.3) is 5.91 Å². The lowest BCUT2D eigenvalue weighted by atomic mass is 9.95. The van der Waals surface area contributed by atoms with Gasteiger partial charge in [-0.15, -0.1) is 0 Å². The van der Waals surface area contributed by atoms with Crippen molar-refractivity contribution in [2.75, 3.05) is 5.32 Å². The molecule has 3 aromatic rings. The first-order valence-electron chi connectivity index (χ1n) is 7.97. The summed E-state index contributed by atoms with van der Waals surface area (Å²) in [5.41, 5.74) is 1.38. The van der Waals surface area contributed by atoms with Crippen LogP contribution in [-0.2, 0) is 6.18 Å². The lowest BCUT2D eigenvalue weighted by molar-refractivity contribution is -0.137. The third-order valence-corrected chi connectivity index (χ3v) is 3.98. The fourth-order valence-corrected chi connectivity index (χ4v) is 2.67. The van der Waals surface area contributed by atoms with Crippen LogP contribution in [0.3, 0.4) is 0 Å². The van der Waals surface area contributed by atoms with Crippen molar-refractivity contribution in [2.24, 2.45) is 0 Å². The van der Waals surface area contributed by atoms with Crippen molar-refractivity contribution in [3.05, 3.63) is 89.5 Å². The number of nitrogens with one attached hydrogen (secondary N) is 1. The first-order valence-corrected chi connectivity index (χ1v) is 7.97. The van der Waals surface area contributed by atoms with Gasteiger partial charge in [-0.1, -0.05) is 36.4 Å². The van der Waals surface area contributed by atoms with E-state index in [2.05, 4.69) is 11.4 Å². The van der Waals surface area contributed by atoms with Crippen molar-refractivity contribution in [2.45, 2.75) is 6.18 Å². The predicted molar refractivity (Wildman–Crippen MR) is 96.0 cm³/mol. The molecule has 0 atom stereocenters. The molecule has 0 aliphatic carbocycles. The highest BCUT2D eigenvalue weighted by Gasteiger charge is 2.30. The highest BCUT2D eigenvalue weighted by molar-refractivity contribution is 6.09. The van der Waals surface area contributed by atoms with Crippen LogP contribution in [0, 0.1) is 11.3 Å². The van der Waals surface area contributed by atoms with E-state index in [9.17, 15) is 23.2 Å². The summed E-state index contributed by atoms with van der Waals surface area (Å²) in [5, 5.41) is 11.9. The molecule has 27 heavy (non-hydrogen) atoms. The number of hydrogen-bond acceptors (Lipinski definition) is 2. The number of alkyl halides is 3. The smallest absolute Gasteiger partial charge is 0.322 e. The summed E-state index contributed by atoms with van der Waals surface area (Å²) in [6.07, 6.45) is -4.43. The van der Waals surface area contributed by atoms with Crippen LogP contribution in [0.2, 0.25) is 0 Å². The molecule has 3 aromatic carbocycles. The molecule has 134 valence electrons. The maximum absolute atomic E-state index is 12.7. The average molecular weight is 366 g/mol. The van der Waals surface area contributed by atoms with Gasteiger partial charge in [0.2, 0.25) is 0 Å². The Morgan fingerprint density at radius 3 is 2.07 bits per heavy atom. The molecule has 0 aliphatic rings. The van der Waals surface area contributed by atoms with E-state index in [-0.39, 0.29) is 5.69 Å². The van der Waals surface area contributed by atoms with E-state index in [4.69, 9.17) is 0 Å². The molecule has 3 nitrogen and oxygen atoms in total. The summed E-state index contributed by atoms with van der Waals surface area (Å²) in [6.45, 7) is 0. The van der Waals surface area contributed by atoms with Crippen LogP contribution in [0.4, 0.5) is 18.9 Å². The number of halogens is 3. The number of carbonyl (C=O) groups is 1. The summed E-state index contributed by atoms with van der Waals surface area (Å²) in [5.74, 6) is -0.474. The van der Waals surface area contributed by atoms with Crippen molar-refractivity contribution >= 4 is 11.6 Å². The number of hydrogen-bond donors (Lipinski definition) is 1. The lowest BCUT2D eigenvalue weighted by Crippen LogP contribution is -2.13. The van der Waals surface area contributed by atoms with Gasteiger partial charge in [-0.05, 0) is 42.0 Å². The highest BCUT2D eigenvalue weighted by Crippen LogP contribution is 2.30. The monoisotopic (exact) mass is 366 g/mol. The summed E-state index contributed by atoms with van der Waals surface area (Å²) < 4.78 is 37.9. The molecule has 1 N–H and O–H groups in total. The van der Waals surface area contributed by atoms with Gasteiger partial charge < -0.3 is 5.32 Å². The Balaban J connectivity index is 1.92. The summed E-state index contributed by atoms with van der Waals surface area (Å²) in [4.78, 5) is 12.7. The zero-order valence-electron chi connectivity index (χ0n) is 13.9. The fraction of sp³-hybridized carbons (Fsp3) is 0.0476. The number of benzene rings is 3. The fourth-order valence-electron chi connectivity index (χ4n) is 2.67. The molecule has 0 unspecified atom stereocenters. The van der Waals surface area contributed by atoms with Gasteiger partial charge in [0.15, 0.2) is 0 Å². The Labute approximate surface area is 153 Å². The minimum absolute atomic E-state index is 0.247. The molecule has 0 radical (unpaired) electrons. The summed E-state index contributed by atoms with van der Waals surface area (Å²) >= 11 is 0. The molecule has 3 rings (SSSR count). The number of nitriles is 1.